The molecule has 5 nitrogen and oxygen atoms in total. The highest BCUT2D eigenvalue weighted by atomic mass is 35.5. The second-order valence-electron chi connectivity index (χ2n) is 9.51. The maximum absolute atomic E-state index is 11.0. The summed E-state index contributed by atoms with van der Waals surface area (Å²) in [6, 6.07) is 11.8. The van der Waals surface area contributed by atoms with Gasteiger partial charge in [0.25, 0.3) is 0 Å². The average Bonchev–Trinajstić information content (AvgIpc) is 2.67. The molecule has 30 heavy (non-hydrogen) atoms. The van der Waals surface area contributed by atoms with Crippen molar-refractivity contribution in [2.45, 2.75) is 49.7 Å². The summed E-state index contributed by atoms with van der Waals surface area (Å²) < 4.78 is 6.63. The van der Waals surface area contributed by atoms with Crippen molar-refractivity contribution in [3.8, 4) is 5.75 Å². The molecule has 2 atom stereocenters. The normalized spacial score (nSPS) is 31.8. The smallest absolute Gasteiger partial charge is 0.138 e. The summed E-state index contributed by atoms with van der Waals surface area (Å²) in [5, 5.41) is 16.9. The van der Waals surface area contributed by atoms with Crippen LogP contribution in [0.2, 0.25) is 5.15 Å². The fraction of sp³-hybridized carbons (Fsp3) is 0.417. The Morgan fingerprint density at radius 3 is 2.60 bits per heavy atom. The summed E-state index contributed by atoms with van der Waals surface area (Å²) in [4.78, 5) is 8.61. The van der Waals surface area contributed by atoms with E-state index < -0.39 is 5.60 Å². The third kappa shape index (κ3) is 3.21. The fourth-order valence-corrected chi connectivity index (χ4v) is 6.52. The fourth-order valence-electron chi connectivity index (χ4n) is 6.41. The number of pyridine rings is 2. The average molecular weight is 422 g/mol. The van der Waals surface area contributed by atoms with E-state index in [-0.39, 0.29) is 5.60 Å². The Kier molecular flexibility index (Phi) is 4.03. The third-order valence-electron chi connectivity index (χ3n) is 7.04. The highest BCUT2D eigenvalue weighted by Crippen LogP contribution is 2.58. The lowest BCUT2D eigenvalue weighted by molar-refractivity contribution is -0.188. The number of aromatic nitrogens is 2. The van der Waals surface area contributed by atoms with Crippen LogP contribution in [0.1, 0.15) is 38.5 Å². The number of benzene rings is 1. The van der Waals surface area contributed by atoms with Gasteiger partial charge in [-0.2, -0.15) is 0 Å². The lowest BCUT2D eigenvalue weighted by Gasteiger charge is -2.59. The molecule has 4 aliphatic carbocycles. The maximum Gasteiger partial charge on any atom is 0.138 e. The van der Waals surface area contributed by atoms with Gasteiger partial charge in [-0.25, -0.2) is 9.97 Å². The van der Waals surface area contributed by atoms with Crippen LogP contribution in [0.3, 0.4) is 0 Å². The van der Waals surface area contributed by atoms with Crippen molar-refractivity contribution in [1.29, 1.82) is 0 Å². The van der Waals surface area contributed by atoms with Crippen molar-refractivity contribution >= 4 is 33.9 Å². The van der Waals surface area contributed by atoms with Crippen molar-refractivity contribution in [3.63, 3.8) is 0 Å². The Balaban J connectivity index is 1.29. The standard InChI is InChI=1S/C24H24ClN3O2/c25-21-4-1-18(13-27-21)28-22-20-3-2-19(8-17(20)5-6-26-22)30-24-11-15-7-16(12-24)10-23(29,9-15)14-24/h1-6,8,13,15-16,29H,7,9-12,14H2,(H,26,28). The van der Waals surface area contributed by atoms with Gasteiger partial charge in [-0.1, -0.05) is 11.6 Å². The minimum absolute atomic E-state index is 0.213. The van der Waals surface area contributed by atoms with E-state index in [1.807, 2.05) is 18.2 Å². The van der Waals surface area contributed by atoms with Gasteiger partial charge in [-0.15, -0.1) is 0 Å². The molecule has 4 fully saturated rings. The second kappa shape index (κ2) is 6.56. The molecule has 2 aromatic heterocycles. The zero-order valence-corrected chi connectivity index (χ0v) is 17.4. The van der Waals surface area contributed by atoms with Gasteiger partial charge in [0.15, 0.2) is 0 Å². The molecule has 7 rings (SSSR count). The van der Waals surface area contributed by atoms with Gasteiger partial charge >= 0.3 is 0 Å². The van der Waals surface area contributed by atoms with Gasteiger partial charge in [0.05, 0.1) is 17.5 Å². The Morgan fingerprint density at radius 1 is 1.03 bits per heavy atom. The summed E-state index contributed by atoms with van der Waals surface area (Å²) in [7, 11) is 0. The molecule has 154 valence electrons. The van der Waals surface area contributed by atoms with Crippen molar-refractivity contribution in [1.82, 2.24) is 9.97 Å². The second-order valence-corrected chi connectivity index (χ2v) is 9.89. The van der Waals surface area contributed by atoms with Crippen LogP contribution in [0.4, 0.5) is 11.5 Å². The molecule has 2 N–H and O–H groups in total. The molecule has 4 bridgehead atoms. The molecule has 2 heterocycles. The van der Waals surface area contributed by atoms with E-state index in [0.717, 1.165) is 60.1 Å². The van der Waals surface area contributed by atoms with Gasteiger partial charge in [0, 0.05) is 18.0 Å². The Hall–Kier alpha value is -2.37. The summed E-state index contributed by atoms with van der Waals surface area (Å²) in [6.07, 6.45) is 9.54. The van der Waals surface area contributed by atoms with Crippen LogP contribution in [-0.2, 0) is 0 Å². The van der Waals surface area contributed by atoms with Crippen LogP contribution in [0.15, 0.2) is 48.8 Å². The van der Waals surface area contributed by atoms with E-state index in [9.17, 15) is 5.11 Å². The Labute approximate surface area is 180 Å². The minimum Gasteiger partial charge on any atom is -0.487 e. The molecule has 0 spiro atoms. The number of aliphatic hydroxyl groups is 1. The number of halogens is 1. The summed E-state index contributed by atoms with van der Waals surface area (Å²) in [5.41, 5.74) is 0.103. The quantitative estimate of drug-likeness (QED) is 0.545. The molecular formula is C24H24ClN3O2. The van der Waals surface area contributed by atoms with E-state index in [4.69, 9.17) is 16.3 Å². The van der Waals surface area contributed by atoms with E-state index in [0.29, 0.717) is 17.0 Å². The molecule has 3 aromatic rings. The van der Waals surface area contributed by atoms with Crippen LogP contribution in [-0.4, -0.2) is 26.3 Å². The van der Waals surface area contributed by atoms with Gasteiger partial charge in [0.1, 0.15) is 22.3 Å². The maximum atomic E-state index is 11.0. The molecule has 4 saturated carbocycles. The number of hydrogen-bond acceptors (Lipinski definition) is 5. The summed E-state index contributed by atoms with van der Waals surface area (Å²) in [5.74, 6) is 2.85. The Bertz CT molecular complexity index is 1100. The number of ether oxygens (including phenoxy) is 1. The first-order chi connectivity index (χ1) is 14.5. The van der Waals surface area contributed by atoms with Crippen LogP contribution in [0.25, 0.3) is 10.8 Å². The zero-order chi connectivity index (χ0) is 20.3. The molecule has 6 heteroatoms. The molecule has 0 saturated heterocycles. The van der Waals surface area contributed by atoms with Gasteiger partial charge in [-0.05, 0) is 85.7 Å². The van der Waals surface area contributed by atoms with Crippen molar-refractivity contribution in [2.75, 3.05) is 5.32 Å². The number of nitrogens with one attached hydrogen (secondary N) is 1. The van der Waals surface area contributed by atoms with Gasteiger partial charge in [0.2, 0.25) is 0 Å². The molecule has 1 aromatic carbocycles. The SMILES string of the molecule is OC12CC3CC(C1)CC(Oc1ccc4c(Nc5ccc(Cl)nc5)nccc4c1)(C3)C2. The molecular weight excluding hydrogens is 398 g/mol. The lowest BCUT2D eigenvalue weighted by Crippen LogP contribution is -2.61. The predicted molar refractivity (Wildman–Crippen MR) is 117 cm³/mol. The monoisotopic (exact) mass is 421 g/mol. The first-order valence-corrected chi connectivity index (χ1v) is 11.0. The number of anilines is 2. The van der Waals surface area contributed by atoms with Crippen molar-refractivity contribution < 1.29 is 9.84 Å². The van der Waals surface area contributed by atoms with Crippen LogP contribution < -0.4 is 10.1 Å². The molecule has 0 radical (unpaired) electrons. The Morgan fingerprint density at radius 2 is 1.87 bits per heavy atom. The van der Waals surface area contributed by atoms with Gasteiger partial charge < -0.3 is 15.2 Å². The van der Waals surface area contributed by atoms with Crippen LogP contribution >= 0.6 is 11.6 Å². The zero-order valence-electron chi connectivity index (χ0n) is 16.6. The van der Waals surface area contributed by atoms with Crippen LogP contribution in [0.5, 0.6) is 5.75 Å². The number of hydrogen-bond donors (Lipinski definition) is 2. The molecule has 0 aliphatic heterocycles. The number of nitrogens with zero attached hydrogens (tertiary/aromatic N) is 2. The first kappa shape index (κ1) is 18.4. The van der Waals surface area contributed by atoms with Crippen molar-refractivity contribution in [2.24, 2.45) is 11.8 Å². The minimum atomic E-state index is -0.519. The van der Waals surface area contributed by atoms with Crippen LogP contribution in [0, 0.1) is 11.8 Å². The van der Waals surface area contributed by atoms with Gasteiger partial charge in [-0.3, -0.25) is 0 Å². The summed E-state index contributed by atoms with van der Waals surface area (Å²) >= 11 is 5.88. The number of rotatable bonds is 4. The molecule has 0 amide bonds. The molecule has 4 aliphatic rings. The third-order valence-corrected chi connectivity index (χ3v) is 7.26. The highest BCUT2D eigenvalue weighted by Gasteiger charge is 2.58. The van der Waals surface area contributed by atoms with Crippen molar-refractivity contribution in [3.05, 3.63) is 53.9 Å². The van der Waals surface area contributed by atoms with E-state index in [1.165, 1.54) is 6.42 Å². The lowest BCUT2D eigenvalue weighted by atomic mass is 9.52. The van der Waals surface area contributed by atoms with E-state index >= 15 is 0 Å². The highest BCUT2D eigenvalue weighted by molar-refractivity contribution is 6.29. The topological polar surface area (TPSA) is 67.3 Å². The largest absolute Gasteiger partial charge is 0.487 e. The number of fused-ring (bicyclic) bond motifs is 1. The predicted octanol–water partition coefficient (Wildman–Crippen LogP) is 5.49. The molecule has 2 unspecified atom stereocenters. The summed E-state index contributed by atoms with van der Waals surface area (Å²) in [6.45, 7) is 0. The van der Waals surface area contributed by atoms with E-state index in [1.54, 1.807) is 18.5 Å². The van der Waals surface area contributed by atoms with E-state index in [2.05, 4.69) is 27.4 Å². The first-order valence-electron chi connectivity index (χ1n) is 10.7.